The molecule has 0 bridgehead atoms. The van der Waals surface area contributed by atoms with Crippen molar-refractivity contribution in [3.8, 4) is 0 Å². The van der Waals surface area contributed by atoms with Gasteiger partial charge in [-0.05, 0) is 31.4 Å². The van der Waals surface area contributed by atoms with E-state index < -0.39 is 11.6 Å². The second-order valence-corrected chi connectivity index (χ2v) is 6.13. The van der Waals surface area contributed by atoms with Gasteiger partial charge in [-0.15, -0.1) is 0 Å². The maximum Gasteiger partial charge on any atom is 0.325 e. The summed E-state index contributed by atoms with van der Waals surface area (Å²) < 4.78 is 1.45. The Morgan fingerprint density at radius 2 is 1.88 bits per heavy atom. The number of carbonyl (C=O) groups excluding carboxylic acids is 2. The lowest BCUT2D eigenvalue weighted by Crippen LogP contribution is -2.45. The fourth-order valence-corrected chi connectivity index (χ4v) is 3.05. The summed E-state index contributed by atoms with van der Waals surface area (Å²) in [6, 6.07) is 4.53. The molecule has 1 aliphatic heterocycles. The van der Waals surface area contributed by atoms with Crippen LogP contribution in [0.15, 0.2) is 29.2 Å². The Bertz CT molecular complexity index is 883. The highest BCUT2D eigenvalue weighted by atomic mass is 16.2. The summed E-state index contributed by atoms with van der Waals surface area (Å²) in [5.41, 5.74) is 0.759. The van der Waals surface area contributed by atoms with Crippen molar-refractivity contribution in [2.24, 2.45) is 0 Å². The van der Waals surface area contributed by atoms with Crippen LogP contribution in [-0.2, 0) is 11.3 Å². The zero-order valence-corrected chi connectivity index (χ0v) is 14.0. The first kappa shape index (κ1) is 16.2. The molecule has 1 fully saturated rings. The van der Waals surface area contributed by atoms with Crippen LogP contribution in [0, 0.1) is 6.92 Å². The Morgan fingerprint density at radius 1 is 1.17 bits per heavy atom. The molecule has 0 radical (unpaired) electrons. The number of imide groups is 1. The fourth-order valence-electron chi connectivity index (χ4n) is 3.05. The predicted molar refractivity (Wildman–Crippen MR) is 88.6 cm³/mol. The third-order valence-corrected chi connectivity index (χ3v) is 4.63. The van der Waals surface area contributed by atoms with Crippen LogP contribution >= 0.6 is 0 Å². The quantitative estimate of drug-likeness (QED) is 0.864. The number of urea groups is 1. The number of fused-ring (bicyclic) bond motifs is 1. The lowest BCUT2D eigenvalue weighted by Gasteiger charge is -2.23. The van der Waals surface area contributed by atoms with Gasteiger partial charge >= 0.3 is 6.03 Å². The first-order valence-corrected chi connectivity index (χ1v) is 8.03. The van der Waals surface area contributed by atoms with Gasteiger partial charge in [0.15, 0.2) is 0 Å². The fraction of sp³-hybridized carbons (Fsp3) is 0.412. The smallest absolute Gasteiger partial charge is 0.323 e. The second kappa shape index (κ2) is 5.74. The van der Waals surface area contributed by atoms with Gasteiger partial charge in [0.25, 0.3) is 11.5 Å². The zero-order valence-electron chi connectivity index (χ0n) is 14.0. The molecule has 3 amide bonds. The minimum absolute atomic E-state index is 0.00790. The summed E-state index contributed by atoms with van der Waals surface area (Å²) in [6.45, 7) is 5.62. The molecule has 1 saturated heterocycles. The monoisotopic (exact) mass is 328 g/mol. The number of nitrogens with zero attached hydrogens (tertiary/aromatic N) is 3. The lowest BCUT2D eigenvalue weighted by atomic mass is 9.93. The average molecular weight is 328 g/mol. The van der Waals surface area contributed by atoms with Crippen molar-refractivity contribution in [2.45, 2.75) is 45.7 Å². The molecule has 0 saturated carbocycles. The molecule has 0 aliphatic carbocycles. The van der Waals surface area contributed by atoms with Gasteiger partial charge in [0, 0.05) is 12.3 Å². The number of aromatic nitrogens is 2. The molecule has 0 spiro atoms. The van der Waals surface area contributed by atoms with Crippen molar-refractivity contribution < 1.29 is 9.59 Å². The van der Waals surface area contributed by atoms with E-state index in [2.05, 4.69) is 10.3 Å². The number of amides is 3. The number of hydrogen-bond donors (Lipinski definition) is 1. The largest absolute Gasteiger partial charge is 0.325 e. The van der Waals surface area contributed by atoms with Crippen LogP contribution in [-0.4, -0.2) is 31.8 Å². The number of pyridine rings is 1. The van der Waals surface area contributed by atoms with E-state index in [0.29, 0.717) is 24.2 Å². The molecule has 3 rings (SSSR count). The van der Waals surface area contributed by atoms with E-state index in [4.69, 9.17) is 0 Å². The van der Waals surface area contributed by atoms with E-state index in [1.165, 1.54) is 10.5 Å². The topological polar surface area (TPSA) is 83.8 Å². The van der Waals surface area contributed by atoms with Crippen LogP contribution < -0.4 is 10.9 Å². The third kappa shape index (κ3) is 2.46. The molecule has 7 heteroatoms. The minimum Gasteiger partial charge on any atom is -0.323 e. The van der Waals surface area contributed by atoms with Gasteiger partial charge < -0.3 is 5.32 Å². The number of aryl methyl sites for hydroxylation is 1. The maximum absolute atomic E-state index is 12.6. The van der Waals surface area contributed by atoms with E-state index in [9.17, 15) is 14.4 Å². The average Bonchev–Trinajstić information content (AvgIpc) is 2.80. The Labute approximate surface area is 139 Å². The molecule has 0 atom stereocenters. The number of nitrogens with one attached hydrogen (secondary N) is 1. The second-order valence-electron chi connectivity index (χ2n) is 6.13. The molecule has 0 aromatic carbocycles. The van der Waals surface area contributed by atoms with Crippen molar-refractivity contribution in [1.29, 1.82) is 0 Å². The van der Waals surface area contributed by atoms with Gasteiger partial charge in [-0.2, -0.15) is 0 Å². The molecule has 1 aliphatic rings. The Kier molecular flexibility index (Phi) is 3.87. The van der Waals surface area contributed by atoms with Crippen molar-refractivity contribution in [3.05, 3.63) is 46.0 Å². The molecule has 24 heavy (non-hydrogen) atoms. The van der Waals surface area contributed by atoms with Crippen LogP contribution in [0.3, 0.4) is 0 Å². The van der Waals surface area contributed by atoms with Gasteiger partial charge in [-0.1, -0.05) is 19.9 Å². The van der Waals surface area contributed by atoms with E-state index in [-0.39, 0.29) is 18.0 Å². The number of hydrogen-bond acceptors (Lipinski definition) is 4. The van der Waals surface area contributed by atoms with Crippen LogP contribution in [0.5, 0.6) is 0 Å². The van der Waals surface area contributed by atoms with E-state index in [0.717, 1.165) is 10.5 Å². The molecule has 2 aromatic rings. The molecule has 3 heterocycles. The normalized spacial score (nSPS) is 16.7. The van der Waals surface area contributed by atoms with E-state index >= 15 is 0 Å². The highest BCUT2D eigenvalue weighted by Gasteiger charge is 2.48. The molecular formula is C17H20N4O3. The standard InChI is InChI=1S/C17H20N4O3/c1-4-17(5-2)15(23)21(16(24)19-17)10-12-8-14(22)20-9-11(3)6-7-13(20)18-12/h6-9H,4-5,10H2,1-3H3,(H,19,24). The van der Waals surface area contributed by atoms with Gasteiger partial charge in [-0.3, -0.25) is 18.9 Å². The molecule has 2 aromatic heterocycles. The highest BCUT2D eigenvalue weighted by molar-refractivity contribution is 6.06. The van der Waals surface area contributed by atoms with Crippen LogP contribution in [0.4, 0.5) is 4.79 Å². The first-order valence-electron chi connectivity index (χ1n) is 8.03. The molecule has 1 N–H and O–H groups in total. The van der Waals surface area contributed by atoms with E-state index in [1.807, 2.05) is 26.8 Å². The molecule has 7 nitrogen and oxygen atoms in total. The lowest BCUT2D eigenvalue weighted by molar-refractivity contribution is -0.132. The summed E-state index contributed by atoms with van der Waals surface area (Å²) in [6.07, 6.45) is 2.76. The van der Waals surface area contributed by atoms with Gasteiger partial charge in [0.2, 0.25) is 0 Å². The van der Waals surface area contributed by atoms with Crippen LogP contribution in [0.2, 0.25) is 0 Å². The Balaban J connectivity index is 1.96. The van der Waals surface area contributed by atoms with Gasteiger partial charge in [-0.25, -0.2) is 9.78 Å². The predicted octanol–water partition coefficient (Wildman–Crippen LogP) is 1.61. The number of rotatable bonds is 4. The first-order chi connectivity index (χ1) is 11.4. The maximum atomic E-state index is 12.6. The van der Waals surface area contributed by atoms with Crippen molar-refractivity contribution in [2.75, 3.05) is 0 Å². The third-order valence-electron chi connectivity index (χ3n) is 4.63. The van der Waals surface area contributed by atoms with Crippen LogP contribution in [0.1, 0.15) is 37.9 Å². The van der Waals surface area contributed by atoms with Crippen molar-refractivity contribution >= 4 is 17.6 Å². The zero-order chi connectivity index (χ0) is 17.5. The van der Waals surface area contributed by atoms with Crippen molar-refractivity contribution in [1.82, 2.24) is 19.6 Å². The minimum atomic E-state index is -0.847. The number of carbonyl (C=O) groups is 2. The van der Waals surface area contributed by atoms with Crippen LogP contribution in [0.25, 0.3) is 5.65 Å². The summed E-state index contributed by atoms with van der Waals surface area (Å²) in [5.74, 6) is -0.261. The van der Waals surface area contributed by atoms with Gasteiger partial charge in [0.1, 0.15) is 11.2 Å². The van der Waals surface area contributed by atoms with Crippen molar-refractivity contribution in [3.63, 3.8) is 0 Å². The molecule has 126 valence electrons. The summed E-state index contributed by atoms with van der Waals surface area (Å²) in [4.78, 5) is 42.6. The Hall–Kier alpha value is -2.70. The highest BCUT2D eigenvalue weighted by Crippen LogP contribution is 2.25. The summed E-state index contributed by atoms with van der Waals surface area (Å²) in [5, 5.41) is 2.77. The summed E-state index contributed by atoms with van der Waals surface area (Å²) in [7, 11) is 0. The Morgan fingerprint density at radius 3 is 2.50 bits per heavy atom. The SMILES string of the molecule is CCC1(CC)NC(=O)N(Cc2cc(=O)n3cc(C)ccc3n2)C1=O. The summed E-state index contributed by atoms with van der Waals surface area (Å²) >= 11 is 0. The van der Waals surface area contributed by atoms with E-state index in [1.54, 1.807) is 12.3 Å². The van der Waals surface area contributed by atoms with Gasteiger partial charge in [0.05, 0.1) is 12.2 Å². The molecular weight excluding hydrogens is 308 g/mol. The molecule has 0 unspecified atom stereocenters.